The largest absolute Gasteiger partial charge is 0.350 e. The van der Waals surface area contributed by atoms with E-state index in [9.17, 15) is 13.6 Å². The van der Waals surface area contributed by atoms with Crippen LogP contribution in [0.3, 0.4) is 0 Å². The molecule has 0 spiro atoms. The molecule has 1 unspecified atom stereocenters. The molecule has 1 atom stereocenters. The second kappa shape index (κ2) is 9.35. The lowest BCUT2D eigenvalue weighted by Crippen LogP contribution is -2.28. The highest BCUT2D eigenvalue weighted by atomic mass is 32.2. The molecule has 0 saturated carbocycles. The van der Waals surface area contributed by atoms with E-state index in [1.165, 1.54) is 11.6 Å². The lowest BCUT2D eigenvalue weighted by atomic mass is 10.2. The summed E-state index contributed by atoms with van der Waals surface area (Å²) >= 11 is 1.78. The highest BCUT2D eigenvalue weighted by Gasteiger charge is 2.17. The summed E-state index contributed by atoms with van der Waals surface area (Å²) in [5.41, 5.74) is 1.76. The quantitative estimate of drug-likeness (QED) is 0.350. The fourth-order valence-electron chi connectivity index (χ4n) is 3.57. The number of fused-ring (bicyclic) bond motifs is 1. The maximum atomic E-state index is 13.8. The number of carbonyl (C=O) groups is 1. The molecule has 1 amide bonds. The summed E-state index contributed by atoms with van der Waals surface area (Å²) in [5.74, 6) is -2.48. The number of amides is 1. The van der Waals surface area contributed by atoms with Crippen molar-refractivity contribution in [2.75, 3.05) is 6.54 Å². The average Bonchev–Trinajstić information content (AvgIpc) is 3.12. The highest BCUT2D eigenvalue weighted by molar-refractivity contribution is 7.99. The van der Waals surface area contributed by atoms with Crippen LogP contribution in [0.15, 0.2) is 83.9 Å². The van der Waals surface area contributed by atoms with Crippen LogP contribution in [0.5, 0.6) is 0 Å². The van der Waals surface area contributed by atoms with Gasteiger partial charge >= 0.3 is 0 Å². The molecule has 31 heavy (non-hydrogen) atoms. The van der Waals surface area contributed by atoms with Gasteiger partial charge in [0.25, 0.3) is 5.91 Å². The number of carbonyl (C=O) groups excluding carboxylic acids is 1. The number of benzene rings is 3. The standard InChI is InChI=1S/C25H22F2N2OS/c1-17(18-8-3-2-4-9-18)31-23-16-29(22-13-6-5-10-19(22)23)15-14-28-25(30)24-20(26)11-7-12-21(24)27/h2-13,16-17H,14-15H2,1H3,(H,28,30). The zero-order chi connectivity index (χ0) is 21.8. The van der Waals surface area contributed by atoms with E-state index in [0.717, 1.165) is 27.9 Å². The summed E-state index contributed by atoms with van der Waals surface area (Å²) in [5, 5.41) is 4.05. The first kappa shape index (κ1) is 21.1. The van der Waals surface area contributed by atoms with E-state index in [4.69, 9.17) is 0 Å². The smallest absolute Gasteiger partial charge is 0.257 e. The molecule has 1 heterocycles. The summed E-state index contributed by atoms with van der Waals surface area (Å²) in [7, 11) is 0. The lowest BCUT2D eigenvalue weighted by molar-refractivity contribution is 0.0944. The van der Waals surface area contributed by atoms with Crippen molar-refractivity contribution in [2.24, 2.45) is 0 Å². The van der Waals surface area contributed by atoms with E-state index < -0.39 is 23.1 Å². The van der Waals surface area contributed by atoms with Crippen LogP contribution in [-0.4, -0.2) is 17.0 Å². The second-order valence-electron chi connectivity index (χ2n) is 7.23. The molecule has 6 heteroatoms. The van der Waals surface area contributed by atoms with Crippen molar-refractivity contribution in [3.05, 3.63) is 102 Å². The van der Waals surface area contributed by atoms with E-state index in [0.29, 0.717) is 6.54 Å². The molecular weight excluding hydrogens is 414 g/mol. The van der Waals surface area contributed by atoms with E-state index in [1.54, 1.807) is 11.8 Å². The zero-order valence-electron chi connectivity index (χ0n) is 17.0. The minimum absolute atomic E-state index is 0.254. The van der Waals surface area contributed by atoms with Gasteiger partial charge in [0.1, 0.15) is 17.2 Å². The van der Waals surface area contributed by atoms with Crippen LogP contribution in [0.1, 0.15) is 28.1 Å². The Morgan fingerprint density at radius 1 is 0.968 bits per heavy atom. The molecule has 0 aliphatic heterocycles. The molecule has 0 bridgehead atoms. The van der Waals surface area contributed by atoms with Crippen LogP contribution in [0, 0.1) is 11.6 Å². The van der Waals surface area contributed by atoms with Crippen molar-refractivity contribution in [2.45, 2.75) is 23.6 Å². The third-order valence-electron chi connectivity index (χ3n) is 5.15. The Morgan fingerprint density at radius 2 is 1.65 bits per heavy atom. The number of thioether (sulfide) groups is 1. The summed E-state index contributed by atoms with van der Waals surface area (Å²) < 4.78 is 29.7. The maximum absolute atomic E-state index is 13.8. The van der Waals surface area contributed by atoms with Crippen molar-refractivity contribution >= 4 is 28.6 Å². The molecule has 0 saturated heterocycles. The predicted octanol–water partition coefficient (Wildman–Crippen LogP) is 6.20. The summed E-state index contributed by atoms with van der Waals surface area (Å²) in [6.07, 6.45) is 2.07. The first-order chi connectivity index (χ1) is 15.0. The van der Waals surface area contributed by atoms with Gasteiger partial charge in [0.05, 0.1) is 0 Å². The normalized spacial score (nSPS) is 12.1. The van der Waals surface area contributed by atoms with Crippen LogP contribution >= 0.6 is 11.8 Å². The summed E-state index contributed by atoms with van der Waals surface area (Å²) in [6.45, 7) is 2.92. The van der Waals surface area contributed by atoms with Crippen molar-refractivity contribution in [1.29, 1.82) is 0 Å². The highest BCUT2D eigenvalue weighted by Crippen LogP contribution is 2.39. The fraction of sp³-hybridized carbons (Fsp3) is 0.160. The van der Waals surface area contributed by atoms with Gasteiger partial charge in [0, 0.05) is 40.3 Å². The number of nitrogens with zero attached hydrogens (tertiary/aromatic N) is 1. The van der Waals surface area contributed by atoms with Crippen molar-refractivity contribution in [3.8, 4) is 0 Å². The third-order valence-corrected chi connectivity index (χ3v) is 6.36. The number of aromatic nitrogens is 1. The van der Waals surface area contributed by atoms with E-state index in [2.05, 4.69) is 41.2 Å². The Balaban J connectivity index is 1.49. The second-order valence-corrected chi connectivity index (χ2v) is 8.61. The number of para-hydroxylation sites is 1. The molecule has 0 radical (unpaired) electrons. The molecule has 4 rings (SSSR count). The third kappa shape index (κ3) is 4.64. The molecule has 0 aliphatic carbocycles. The number of hydrogen-bond acceptors (Lipinski definition) is 2. The number of hydrogen-bond donors (Lipinski definition) is 1. The van der Waals surface area contributed by atoms with Crippen molar-refractivity contribution in [3.63, 3.8) is 0 Å². The summed E-state index contributed by atoms with van der Waals surface area (Å²) in [6, 6.07) is 21.8. The Bertz CT molecular complexity index is 1190. The zero-order valence-corrected chi connectivity index (χ0v) is 17.8. The number of rotatable bonds is 7. The molecule has 0 aliphatic rings. The Kier molecular flexibility index (Phi) is 6.37. The maximum Gasteiger partial charge on any atom is 0.257 e. The van der Waals surface area contributed by atoms with E-state index in [1.807, 2.05) is 36.4 Å². The van der Waals surface area contributed by atoms with Crippen LogP contribution in [0.25, 0.3) is 10.9 Å². The van der Waals surface area contributed by atoms with Gasteiger partial charge in [-0.25, -0.2) is 8.78 Å². The molecule has 3 nitrogen and oxygen atoms in total. The Hall–Kier alpha value is -3.12. The van der Waals surface area contributed by atoms with Gasteiger partial charge in [-0.2, -0.15) is 0 Å². The molecule has 4 aromatic rings. The minimum atomic E-state index is -0.863. The van der Waals surface area contributed by atoms with Gasteiger partial charge in [0.15, 0.2) is 0 Å². The van der Waals surface area contributed by atoms with Crippen LogP contribution in [0.2, 0.25) is 0 Å². The summed E-state index contributed by atoms with van der Waals surface area (Å²) in [4.78, 5) is 13.4. The van der Waals surface area contributed by atoms with Gasteiger partial charge in [-0.3, -0.25) is 4.79 Å². The molecule has 158 valence electrons. The Morgan fingerprint density at radius 3 is 2.39 bits per heavy atom. The lowest BCUT2D eigenvalue weighted by Gasteiger charge is -2.10. The van der Waals surface area contributed by atoms with E-state index in [-0.39, 0.29) is 11.8 Å². The number of nitrogens with one attached hydrogen (secondary N) is 1. The monoisotopic (exact) mass is 436 g/mol. The molecule has 1 aromatic heterocycles. The predicted molar refractivity (Wildman–Crippen MR) is 121 cm³/mol. The van der Waals surface area contributed by atoms with Gasteiger partial charge in [-0.05, 0) is 30.7 Å². The fourth-order valence-corrected chi connectivity index (χ4v) is 4.73. The van der Waals surface area contributed by atoms with E-state index >= 15 is 0 Å². The van der Waals surface area contributed by atoms with Crippen molar-refractivity contribution in [1.82, 2.24) is 9.88 Å². The van der Waals surface area contributed by atoms with Crippen LogP contribution < -0.4 is 5.32 Å². The van der Waals surface area contributed by atoms with Crippen LogP contribution in [0.4, 0.5) is 8.78 Å². The van der Waals surface area contributed by atoms with Crippen molar-refractivity contribution < 1.29 is 13.6 Å². The minimum Gasteiger partial charge on any atom is -0.350 e. The van der Waals surface area contributed by atoms with Gasteiger partial charge in [-0.15, -0.1) is 11.8 Å². The first-order valence-corrected chi connectivity index (χ1v) is 10.9. The number of halogens is 2. The Labute approximate surface area is 184 Å². The molecule has 1 N–H and O–H groups in total. The molecular formula is C25H22F2N2OS. The van der Waals surface area contributed by atoms with Gasteiger partial charge in [-0.1, -0.05) is 54.6 Å². The molecule has 0 fully saturated rings. The first-order valence-electron chi connectivity index (χ1n) is 10.1. The molecule has 3 aromatic carbocycles. The van der Waals surface area contributed by atoms with Crippen LogP contribution in [-0.2, 0) is 6.54 Å². The topological polar surface area (TPSA) is 34.0 Å². The average molecular weight is 437 g/mol. The SMILES string of the molecule is CC(Sc1cn(CCNC(=O)c2c(F)cccc2F)c2ccccc12)c1ccccc1. The van der Waals surface area contributed by atoms with Gasteiger partial charge < -0.3 is 9.88 Å². The van der Waals surface area contributed by atoms with Gasteiger partial charge in [0.2, 0.25) is 0 Å².